The van der Waals surface area contributed by atoms with Crippen molar-refractivity contribution in [1.82, 2.24) is 66.0 Å². The summed E-state index contributed by atoms with van der Waals surface area (Å²) in [4.78, 5) is 160. The molecular weight excluding hydrogens is 1250 g/mol. The Morgan fingerprint density at radius 2 is 1.12 bits per heavy atom. The average Bonchev–Trinajstić information content (AvgIpc) is 0.993. The summed E-state index contributed by atoms with van der Waals surface area (Å²) < 4.78 is 30.5. The van der Waals surface area contributed by atoms with E-state index in [1.807, 2.05) is 0 Å². The van der Waals surface area contributed by atoms with Gasteiger partial charge in [0.05, 0.1) is 56.1 Å². The van der Waals surface area contributed by atoms with E-state index in [4.69, 9.17) is 20.9 Å². The number of unbranched alkanes of at least 4 members (excludes halogenated alkanes) is 5. The number of rotatable bonds is 35. The first-order valence-electron chi connectivity index (χ1n) is 28.9. The fourth-order valence-corrected chi connectivity index (χ4v) is 9.84. The Balaban J connectivity index is 0.000000297. The number of aliphatic carboxylic acids is 2. The zero-order valence-electron chi connectivity index (χ0n) is 49.4. The van der Waals surface area contributed by atoms with Crippen LogP contribution in [0.4, 0.5) is 23.3 Å². The van der Waals surface area contributed by atoms with Gasteiger partial charge in [0.15, 0.2) is 22.3 Å². The van der Waals surface area contributed by atoms with Crippen LogP contribution in [-0.4, -0.2) is 164 Å². The molecule has 7 rings (SSSR count). The van der Waals surface area contributed by atoms with Crippen LogP contribution >= 0.6 is 16.5 Å². The first kappa shape index (κ1) is 71.4. The Morgan fingerprint density at radius 3 is 1.55 bits per heavy atom. The number of nitrogen functional groups attached to an aromatic ring is 2. The molecule has 0 bridgehead atoms. The number of hydrogen-bond acceptors (Lipinski definition) is 25. The molecule has 2 unspecified atom stereocenters. The molecule has 2 aromatic carbocycles. The van der Waals surface area contributed by atoms with E-state index in [9.17, 15) is 72.5 Å². The molecule has 1 fully saturated rings. The zero-order valence-corrected chi connectivity index (χ0v) is 51.2. The minimum Gasteiger partial charge on any atom is -0.566 e. The van der Waals surface area contributed by atoms with Gasteiger partial charge < -0.3 is 68.5 Å². The number of nitrogens with zero attached hydrogens (tertiary/aromatic N) is 7. The number of likely N-dealkylation sites (tertiary alicyclic amines) is 1. The number of carboxylic acid groups (broad SMARTS) is 2. The minimum atomic E-state index is -2.83. The largest absolute Gasteiger partial charge is 0.695 e. The molecule has 5 heterocycles. The predicted octanol–water partition coefficient (Wildman–Crippen LogP) is 0.757. The highest BCUT2D eigenvalue weighted by Crippen LogP contribution is 2.29. The minimum absolute atomic E-state index is 0.0435. The van der Waals surface area contributed by atoms with Gasteiger partial charge in [0.25, 0.3) is 22.9 Å². The van der Waals surface area contributed by atoms with Crippen LogP contribution in [0, 0.1) is 0 Å². The zero-order chi connectivity index (χ0) is 66.7. The number of H-pyrrole nitrogens is 2. The molecule has 37 heteroatoms. The Kier molecular flexibility index (Phi) is 28.2. The molecular formula is C55H70N17O18P2+. The summed E-state index contributed by atoms with van der Waals surface area (Å²) in [5.41, 5.74) is 13.0. The third-order valence-electron chi connectivity index (χ3n) is 13.9. The quantitative estimate of drug-likeness (QED) is 0.0193. The van der Waals surface area contributed by atoms with Gasteiger partial charge >= 0.3 is 28.4 Å². The van der Waals surface area contributed by atoms with E-state index in [1.165, 1.54) is 41.6 Å². The van der Waals surface area contributed by atoms with E-state index < -0.39 is 75.6 Å². The van der Waals surface area contributed by atoms with Gasteiger partial charge in [0, 0.05) is 65.8 Å². The van der Waals surface area contributed by atoms with Crippen molar-refractivity contribution in [3.8, 4) is 0 Å². The van der Waals surface area contributed by atoms with Gasteiger partial charge in [0.2, 0.25) is 29.6 Å². The van der Waals surface area contributed by atoms with Crippen molar-refractivity contribution >= 4 is 104 Å². The number of hydrogen-bond donors (Lipinski definition) is 14. The summed E-state index contributed by atoms with van der Waals surface area (Å²) in [5, 5.41) is 45.1. The van der Waals surface area contributed by atoms with Gasteiger partial charge in [0.1, 0.15) is 24.8 Å². The highest BCUT2D eigenvalue weighted by atomic mass is 31.1. The van der Waals surface area contributed by atoms with Crippen molar-refractivity contribution in [3.05, 3.63) is 104 Å². The molecule has 16 N–H and O–H groups in total. The van der Waals surface area contributed by atoms with E-state index in [1.54, 1.807) is 24.3 Å². The Labute approximate surface area is 524 Å². The monoisotopic (exact) mass is 1320 g/mol. The number of carbonyl (C=O) groups is 7. The number of aliphatic hydroxyl groups is 1. The van der Waals surface area contributed by atoms with E-state index >= 15 is 0 Å². The summed E-state index contributed by atoms with van der Waals surface area (Å²) in [6.45, 7) is 1.15. The standard InChI is InChI=1S/C30H38N9O10P.C25H31N8O8P/c31-30-37-26-25(28(44)38-30)35-19(14-34-26)13-33-18-7-5-17(6-8-18)27(43)36-22(29(45)46)9-10-23(41)32-11-3-1-2-4-24(42)39-15-21(49-50(47)48)12-20(39)16-40;26-25-32-21-20(23(36)33-25)30-17(14-29-21)13-28-16-7-5-15(6-8-16)22(35)31-18(24(37)38)9-10-19(34)27-11-3-1-2-4-12-41-42(39)40/h5-8,14,20-22,40H,1-4,9-13,15-16H2,(H7-,31,32,33,34,36,37,38,41,43,44,45,46,47,48);5-8,14,18,28H,1-4,9-13H2,(H,27,34)(H,31,35)(H,37,38)(H3,26,29,32,33,36)/p+1/t20-,21+,22-;18-/m00/s1. The van der Waals surface area contributed by atoms with Gasteiger partial charge in [-0.1, -0.05) is 19.3 Å². The van der Waals surface area contributed by atoms with Crippen LogP contribution in [-0.2, 0) is 55.2 Å². The van der Waals surface area contributed by atoms with Crippen molar-refractivity contribution in [2.75, 3.05) is 54.9 Å². The fourth-order valence-electron chi connectivity index (χ4n) is 9.16. The van der Waals surface area contributed by atoms with Gasteiger partial charge in [-0.3, -0.25) is 43.5 Å². The number of carbonyl (C=O) groups excluding carboxylic acids is 5. The first-order valence-corrected chi connectivity index (χ1v) is 31.1. The maximum Gasteiger partial charge on any atom is 0.695 e. The molecule has 6 atom stereocenters. The van der Waals surface area contributed by atoms with E-state index in [0.717, 1.165) is 12.8 Å². The first-order chi connectivity index (χ1) is 44.0. The molecule has 1 aliphatic rings. The van der Waals surface area contributed by atoms with Gasteiger partial charge in [-0.15, -0.1) is 13.9 Å². The SMILES string of the molecule is Nc1nc2ncc(CNc3ccc(C(=O)N[C@@H](CCC(=O)NCCCCCC(=O)N4C[C@H](O[P+](=O)O)C[C@H]4CO)C(=O)O)cc3)nc2c(=O)[nH]1.Nc1nc2ncc(CNc3ccc(C(=O)N[C@@H](CCC(=O)NCCCCCCO[P+](=O)[O-])C(=O)O)cc3)nc2c(=O)[nH]1. The van der Waals surface area contributed by atoms with Crippen LogP contribution in [0.2, 0.25) is 0 Å². The van der Waals surface area contributed by atoms with Gasteiger partial charge in [-0.05, 0) is 91.6 Å². The molecule has 6 aromatic rings. The van der Waals surface area contributed by atoms with Crippen molar-refractivity contribution in [2.24, 2.45) is 0 Å². The Bertz CT molecular complexity index is 3700. The third-order valence-corrected chi connectivity index (χ3v) is 14.7. The third kappa shape index (κ3) is 23.6. The van der Waals surface area contributed by atoms with E-state index in [0.29, 0.717) is 68.0 Å². The van der Waals surface area contributed by atoms with Crippen molar-refractivity contribution < 1.29 is 76.8 Å². The van der Waals surface area contributed by atoms with Crippen molar-refractivity contribution in [2.45, 2.75) is 121 Å². The highest BCUT2D eigenvalue weighted by molar-refractivity contribution is 7.32. The molecule has 0 saturated carbocycles. The molecule has 0 radical (unpaired) electrons. The number of fused-ring (bicyclic) bond motifs is 2. The van der Waals surface area contributed by atoms with E-state index in [2.05, 4.69) is 76.3 Å². The number of aromatic amines is 2. The van der Waals surface area contributed by atoms with Crippen LogP contribution in [0.5, 0.6) is 0 Å². The maximum atomic E-state index is 12.7. The van der Waals surface area contributed by atoms with Crippen LogP contribution in [0.15, 0.2) is 70.5 Å². The summed E-state index contributed by atoms with van der Waals surface area (Å²) in [5.74, 6) is -4.81. The highest BCUT2D eigenvalue weighted by Gasteiger charge is 2.39. The second-order valence-electron chi connectivity index (χ2n) is 20.7. The lowest BCUT2D eigenvalue weighted by Gasteiger charge is -2.22. The molecule has 35 nitrogen and oxygen atoms in total. The number of carboxylic acids is 2. The lowest BCUT2D eigenvalue weighted by molar-refractivity contribution is -0.185. The van der Waals surface area contributed by atoms with Gasteiger partial charge in [-0.25, -0.2) is 29.5 Å². The van der Waals surface area contributed by atoms with Crippen LogP contribution in [0.3, 0.4) is 0 Å². The normalized spacial score (nSPS) is 14.4. The molecule has 0 aliphatic carbocycles. The number of nitrogens with two attached hydrogens (primary N) is 2. The number of amides is 5. The number of nitrogens with one attached hydrogen (secondary N) is 8. The lowest BCUT2D eigenvalue weighted by atomic mass is 10.1. The molecule has 1 aliphatic heterocycles. The molecule has 92 heavy (non-hydrogen) atoms. The number of benzene rings is 2. The Morgan fingerprint density at radius 1 is 0.663 bits per heavy atom. The average molecular weight is 1320 g/mol. The number of aliphatic hydroxyl groups excluding tert-OH is 1. The van der Waals surface area contributed by atoms with Crippen LogP contribution in [0.25, 0.3) is 22.3 Å². The number of anilines is 4. The molecule has 1 saturated heterocycles. The predicted molar refractivity (Wildman–Crippen MR) is 327 cm³/mol. The van der Waals surface area contributed by atoms with Crippen LogP contribution < -0.4 is 59.4 Å². The second kappa shape index (κ2) is 36.3. The molecule has 0 spiro atoms. The molecule has 4 aromatic heterocycles. The van der Waals surface area contributed by atoms with Crippen molar-refractivity contribution in [1.29, 1.82) is 0 Å². The summed E-state index contributed by atoms with van der Waals surface area (Å²) in [6.07, 6.45) is 6.87. The molecule has 5 amide bonds. The summed E-state index contributed by atoms with van der Waals surface area (Å²) >= 11 is 0. The Hall–Kier alpha value is -9.63. The van der Waals surface area contributed by atoms with E-state index in [-0.39, 0.29) is 134 Å². The van der Waals surface area contributed by atoms with Gasteiger partial charge in [-0.2, -0.15) is 9.97 Å². The van der Waals surface area contributed by atoms with Crippen molar-refractivity contribution in [3.63, 3.8) is 0 Å². The smallest absolute Gasteiger partial charge is 0.566 e. The number of aromatic nitrogens is 8. The second-order valence-corrected chi connectivity index (χ2v) is 22.1. The summed E-state index contributed by atoms with van der Waals surface area (Å²) in [7, 11) is -5.63. The lowest BCUT2D eigenvalue weighted by Crippen LogP contribution is -2.41. The fraction of sp³-hybridized carbons (Fsp3) is 0.436. The van der Waals surface area contributed by atoms with Crippen LogP contribution in [0.1, 0.15) is 116 Å². The molecule has 492 valence electrons. The summed E-state index contributed by atoms with van der Waals surface area (Å²) in [6, 6.07) is 9.49. The topological polar surface area (TPSA) is 547 Å². The maximum absolute atomic E-state index is 12.7.